The van der Waals surface area contributed by atoms with E-state index in [4.69, 9.17) is 4.42 Å². The summed E-state index contributed by atoms with van der Waals surface area (Å²) in [6.45, 7) is 0. The molecule has 0 bridgehead atoms. The standard InChI is InChI=1S/C11H9NO3/c1-14-12-7-8-2-3-9-4-5-11(13)15-10(9)6-8/h2-7H,1H3/b12-7+. The highest BCUT2D eigenvalue weighted by Gasteiger charge is 1.97. The molecule has 0 fully saturated rings. The molecule has 4 heteroatoms. The van der Waals surface area contributed by atoms with Gasteiger partial charge in [0.05, 0.1) is 6.21 Å². The van der Waals surface area contributed by atoms with Crippen molar-refractivity contribution in [2.75, 3.05) is 7.11 Å². The minimum Gasteiger partial charge on any atom is -0.423 e. The molecule has 0 aliphatic carbocycles. The van der Waals surface area contributed by atoms with E-state index in [9.17, 15) is 4.79 Å². The summed E-state index contributed by atoms with van der Waals surface area (Å²) in [6, 6.07) is 8.57. The first-order valence-electron chi connectivity index (χ1n) is 4.40. The van der Waals surface area contributed by atoms with Crippen molar-refractivity contribution in [3.8, 4) is 0 Å². The molecule has 0 atom stereocenters. The molecule has 0 N–H and O–H groups in total. The molecule has 0 radical (unpaired) electrons. The third-order valence-electron chi connectivity index (χ3n) is 1.95. The Morgan fingerprint density at radius 1 is 1.33 bits per heavy atom. The first-order valence-corrected chi connectivity index (χ1v) is 4.40. The summed E-state index contributed by atoms with van der Waals surface area (Å²) < 4.78 is 5.02. The fourth-order valence-electron chi connectivity index (χ4n) is 1.27. The highest BCUT2D eigenvalue weighted by molar-refractivity contribution is 5.87. The Labute approximate surface area is 85.8 Å². The lowest BCUT2D eigenvalue weighted by Gasteiger charge is -1.96. The van der Waals surface area contributed by atoms with E-state index >= 15 is 0 Å². The molecule has 1 heterocycles. The number of hydrogen-bond donors (Lipinski definition) is 0. The Kier molecular flexibility index (Phi) is 2.49. The largest absolute Gasteiger partial charge is 0.423 e. The van der Waals surface area contributed by atoms with Crippen LogP contribution in [0.4, 0.5) is 0 Å². The maximum atomic E-state index is 11.0. The van der Waals surface area contributed by atoms with Crippen LogP contribution in [0, 0.1) is 0 Å². The van der Waals surface area contributed by atoms with Crippen LogP contribution in [0.2, 0.25) is 0 Å². The molecule has 15 heavy (non-hydrogen) atoms. The summed E-state index contributed by atoms with van der Waals surface area (Å²) in [6.07, 6.45) is 1.55. The summed E-state index contributed by atoms with van der Waals surface area (Å²) >= 11 is 0. The van der Waals surface area contributed by atoms with E-state index in [1.54, 1.807) is 18.3 Å². The Hall–Kier alpha value is -2.10. The monoisotopic (exact) mass is 203 g/mol. The van der Waals surface area contributed by atoms with Crippen LogP contribution in [-0.2, 0) is 4.84 Å². The van der Waals surface area contributed by atoms with E-state index < -0.39 is 0 Å². The van der Waals surface area contributed by atoms with Crippen molar-refractivity contribution in [1.82, 2.24) is 0 Å². The first-order chi connectivity index (χ1) is 7.29. The van der Waals surface area contributed by atoms with E-state index in [1.165, 1.54) is 13.2 Å². The van der Waals surface area contributed by atoms with Gasteiger partial charge in [-0.3, -0.25) is 0 Å². The van der Waals surface area contributed by atoms with Crippen LogP contribution in [0.15, 0.2) is 44.7 Å². The van der Waals surface area contributed by atoms with Gasteiger partial charge < -0.3 is 9.25 Å². The normalized spacial score (nSPS) is 11.0. The zero-order chi connectivity index (χ0) is 10.7. The Morgan fingerprint density at radius 2 is 2.13 bits per heavy atom. The molecule has 0 saturated carbocycles. The van der Waals surface area contributed by atoms with Gasteiger partial charge in [0.2, 0.25) is 0 Å². The van der Waals surface area contributed by atoms with Crippen LogP contribution >= 0.6 is 0 Å². The van der Waals surface area contributed by atoms with E-state index in [2.05, 4.69) is 9.99 Å². The van der Waals surface area contributed by atoms with E-state index in [0.717, 1.165) is 10.9 Å². The summed E-state index contributed by atoms with van der Waals surface area (Å²) in [5, 5.41) is 4.51. The second-order valence-electron chi connectivity index (χ2n) is 2.97. The average Bonchev–Trinajstić information content (AvgIpc) is 2.25. The molecule has 0 spiro atoms. The molecule has 0 aliphatic rings. The summed E-state index contributed by atoms with van der Waals surface area (Å²) in [5.41, 5.74) is 1.00. The van der Waals surface area contributed by atoms with Gasteiger partial charge in [0, 0.05) is 11.5 Å². The number of nitrogens with zero attached hydrogens (tertiary/aromatic N) is 1. The van der Waals surface area contributed by atoms with Gasteiger partial charge in [0.15, 0.2) is 0 Å². The van der Waals surface area contributed by atoms with Gasteiger partial charge in [0.1, 0.15) is 12.7 Å². The van der Waals surface area contributed by atoms with Gasteiger partial charge in [0.25, 0.3) is 0 Å². The molecule has 1 aromatic carbocycles. The topological polar surface area (TPSA) is 51.8 Å². The molecule has 76 valence electrons. The van der Waals surface area contributed by atoms with Crippen molar-refractivity contribution in [3.05, 3.63) is 46.3 Å². The van der Waals surface area contributed by atoms with Crippen LogP contribution < -0.4 is 5.63 Å². The first kappa shape index (κ1) is 9.45. The van der Waals surface area contributed by atoms with Crippen LogP contribution in [0.5, 0.6) is 0 Å². The molecule has 0 unspecified atom stereocenters. The molecular weight excluding hydrogens is 194 g/mol. The smallest absolute Gasteiger partial charge is 0.336 e. The Morgan fingerprint density at radius 3 is 2.93 bits per heavy atom. The van der Waals surface area contributed by atoms with Gasteiger partial charge in [-0.2, -0.15) is 0 Å². The zero-order valence-electron chi connectivity index (χ0n) is 8.14. The fourth-order valence-corrected chi connectivity index (χ4v) is 1.27. The maximum Gasteiger partial charge on any atom is 0.336 e. The Balaban J connectivity index is 2.54. The van der Waals surface area contributed by atoms with Gasteiger partial charge in [-0.15, -0.1) is 0 Å². The van der Waals surface area contributed by atoms with Gasteiger partial charge in [-0.25, -0.2) is 4.79 Å². The average molecular weight is 203 g/mol. The number of rotatable bonds is 2. The van der Waals surface area contributed by atoms with Gasteiger partial charge in [-0.1, -0.05) is 17.3 Å². The SMILES string of the molecule is CO/N=C/c1ccc2ccc(=O)oc2c1. The maximum absolute atomic E-state index is 11.0. The number of benzene rings is 1. The second-order valence-corrected chi connectivity index (χ2v) is 2.97. The highest BCUT2D eigenvalue weighted by atomic mass is 16.6. The molecule has 4 nitrogen and oxygen atoms in total. The third kappa shape index (κ3) is 2.04. The molecular formula is C11H9NO3. The van der Waals surface area contributed by atoms with Crippen LogP contribution in [0.3, 0.4) is 0 Å². The quantitative estimate of drug-likeness (QED) is 0.424. The predicted molar refractivity (Wildman–Crippen MR) is 57.1 cm³/mol. The molecule has 0 aliphatic heterocycles. The number of fused-ring (bicyclic) bond motifs is 1. The van der Waals surface area contributed by atoms with Gasteiger partial charge >= 0.3 is 5.63 Å². The fraction of sp³-hybridized carbons (Fsp3) is 0.0909. The van der Waals surface area contributed by atoms with Crippen molar-refractivity contribution in [1.29, 1.82) is 0 Å². The minimum atomic E-state index is -0.358. The molecule has 1 aromatic heterocycles. The summed E-state index contributed by atoms with van der Waals surface area (Å²) in [4.78, 5) is 15.5. The zero-order valence-corrected chi connectivity index (χ0v) is 8.14. The molecule has 2 rings (SSSR count). The van der Waals surface area contributed by atoms with Crippen molar-refractivity contribution in [2.24, 2.45) is 5.16 Å². The van der Waals surface area contributed by atoms with E-state index in [0.29, 0.717) is 5.58 Å². The van der Waals surface area contributed by atoms with E-state index in [1.807, 2.05) is 12.1 Å². The summed E-state index contributed by atoms with van der Waals surface area (Å²) in [7, 11) is 1.47. The van der Waals surface area contributed by atoms with Crippen molar-refractivity contribution < 1.29 is 9.25 Å². The molecule has 0 amide bonds. The molecule has 2 aromatic rings. The van der Waals surface area contributed by atoms with E-state index in [-0.39, 0.29) is 5.63 Å². The Bertz CT molecular complexity index is 557. The molecule has 0 saturated heterocycles. The van der Waals surface area contributed by atoms with Gasteiger partial charge in [-0.05, 0) is 17.7 Å². The number of oxime groups is 1. The summed E-state index contributed by atoms with van der Waals surface area (Å²) in [5.74, 6) is 0. The second kappa shape index (κ2) is 3.96. The third-order valence-corrected chi connectivity index (χ3v) is 1.95. The van der Waals surface area contributed by atoms with Crippen molar-refractivity contribution in [2.45, 2.75) is 0 Å². The van der Waals surface area contributed by atoms with Crippen LogP contribution in [0.25, 0.3) is 11.0 Å². The predicted octanol–water partition coefficient (Wildman–Crippen LogP) is 1.77. The van der Waals surface area contributed by atoms with Crippen LogP contribution in [-0.4, -0.2) is 13.3 Å². The lowest BCUT2D eigenvalue weighted by molar-refractivity contribution is 0.215. The number of hydrogen-bond acceptors (Lipinski definition) is 4. The van der Waals surface area contributed by atoms with Crippen LogP contribution in [0.1, 0.15) is 5.56 Å². The minimum absolute atomic E-state index is 0.358. The van der Waals surface area contributed by atoms with Crippen molar-refractivity contribution in [3.63, 3.8) is 0 Å². The van der Waals surface area contributed by atoms with Crippen molar-refractivity contribution >= 4 is 17.2 Å². The highest BCUT2D eigenvalue weighted by Crippen LogP contribution is 2.12. The lowest BCUT2D eigenvalue weighted by Crippen LogP contribution is -1.94. The lowest BCUT2D eigenvalue weighted by atomic mass is 10.2.